The molecule has 0 saturated heterocycles. The van der Waals surface area contributed by atoms with Crippen molar-refractivity contribution in [1.82, 2.24) is 10.9 Å². The Bertz CT molecular complexity index is 882. The molecule has 1 heterocycles. The maximum Gasteiger partial charge on any atom is 0.307 e. The van der Waals surface area contributed by atoms with E-state index in [0.29, 0.717) is 17.9 Å². The number of carboxylic acids is 1. The third-order valence-corrected chi connectivity index (χ3v) is 8.02. The number of nitrogens with one attached hydrogen (secondary N) is 2. The molecule has 3 aliphatic carbocycles. The average molecular weight is 417 g/mol. The van der Waals surface area contributed by atoms with Crippen molar-refractivity contribution in [1.29, 1.82) is 0 Å². The molecule has 0 aromatic carbocycles. The summed E-state index contributed by atoms with van der Waals surface area (Å²) in [4.78, 5) is 38.2. The average Bonchev–Trinajstić information content (AvgIpc) is 3.37. The molecule has 156 valence electrons. The zero-order valence-electron chi connectivity index (χ0n) is 17.0. The molecule has 2 bridgehead atoms. The van der Waals surface area contributed by atoms with Crippen LogP contribution < -0.4 is 10.9 Å². The zero-order valence-corrected chi connectivity index (χ0v) is 17.8. The lowest BCUT2D eigenvalue weighted by molar-refractivity contribution is -0.148. The van der Waals surface area contributed by atoms with Crippen molar-refractivity contribution in [2.24, 2.45) is 35.0 Å². The molecule has 0 aliphatic heterocycles. The molecule has 0 spiro atoms. The summed E-state index contributed by atoms with van der Waals surface area (Å²) >= 11 is 1.61. The van der Waals surface area contributed by atoms with Gasteiger partial charge in [-0.2, -0.15) is 0 Å². The largest absolute Gasteiger partial charge is 0.481 e. The fourth-order valence-electron chi connectivity index (χ4n) is 5.23. The van der Waals surface area contributed by atoms with E-state index in [1.54, 1.807) is 11.3 Å². The Morgan fingerprint density at radius 2 is 1.79 bits per heavy atom. The van der Waals surface area contributed by atoms with E-state index in [-0.39, 0.29) is 23.2 Å². The maximum atomic E-state index is 12.7. The van der Waals surface area contributed by atoms with E-state index in [4.69, 9.17) is 0 Å². The maximum absolute atomic E-state index is 12.7. The Balaban J connectivity index is 1.40. The first-order valence-corrected chi connectivity index (χ1v) is 11.2. The van der Waals surface area contributed by atoms with Crippen molar-refractivity contribution in [3.05, 3.63) is 33.5 Å². The fourth-order valence-corrected chi connectivity index (χ4v) is 6.39. The third-order valence-electron chi connectivity index (χ3n) is 6.97. The van der Waals surface area contributed by atoms with E-state index in [2.05, 4.69) is 31.6 Å². The Hall–Kier alpha value is -2.15. The molecule has 29 heavy (non-hydrogen) atoms. The molecule has 1 fully saturated rings. The number of allylic oxidation sites excluding steroid dienone is 2. The van der Waals surface area contributed by atoms with Crippen LogP contribution in [0.3, 0.4) is 0 Å². The smallest absolute Gasteiger partial charge is 0.307 e. The lowest BCUT2D eigenvalue weighted by atomic mass is 9.72. The number of rotatable bonds is 3. The van der Waals surface area contributed by atoms with Crippen LogP contribution in [0.1, 0.15) is 54.4 Å². The van der Waals surface area contributed by atoms with Gasteiger partial charge in [0.1, 0.15) is 0 Å². The van der Waals surface area contributed by atoms with Crippen LogP contribution in [0.25, 0.3) is 0 Å². The van der Waals surface area contributed by atoms with Crippen molar-refractivity contribution < 1.29 is 19.5 Å². The fraction of sp³-hybridized carbons (Fsp3) is 0.591. The van der Waals surface area contributed by atoms with Gasteiger partial charge >= 0.3 is 5.97 Å². The number of carbonyl (C=O) groups is 3. The molecule has 2 amide bonds. The summed E-state index contributed by atoms with van der Waals surface area (Å²) in [5.74, 6) is -2.60. The lowest BCUT2D eigenvalue weighted by Gasteiger charge is -2.34. The molecular weight excluding hydrogens is 388 g/mol. The predicted molar refractivity (Wildman–Crippen MR) is 110 cm³/mol. The highest BCUT2D eigenvalue weighted by Crippen LogP contribution is 2.48. The number of hydrazine groups is 1. The minimum atomic E-state index is -0.950. The van der Waals surface area contributed by atoms with E-state index in [9.17, 15) is 19.5 Å². The van der Waals surface area contributed by atoms with Gasteiger partial charge in [-0.25, -0.2) is 0 Å². The second-order valence-electron chi connectivity index (χ2n) is 9.64. The van der Waals surface area contributed by atoms with Crippen LogP contribution in [0.4, 0.5) is 0 Å². The molecule has 5 atom stereocenters. The normalized spacial score (nSPS) is 30.1. The summed E-state index contributed by atoms with van der Waals surface area (Å²) in [6.45, 7) is 6.78. The van der Waals surface area contributed by atoms with Crippen LogP contribution in [0, 0.1) is 35.0 Å². The summed E-state index contributed by atoms with van der Waals surface area (Å²) in [5.41, 5.74) is 6.97. The van der Waals surface area contributed by atoms with Gasteiger partial charge < -0.3 is 5.11 Å². The molecule has 1 aromatic rings. The number of thiophene rings is 1. The van der Waals surface area contributed by atoms with Gasteiger partial charge in [-0.05, 0) is 54.4 Å². The first kappa shape index (κ1) is 20.1. The van der Waals surface area contributed by atoms with E-state index in [1.807, 2.05) is 17.5 Å². The summed E-state index contributed by atoms with van der Waals surface area (Å²) < 4.78 is 0. The van der Waals surface area contributed by atoms with Gasteiger partial charge in [0, 0.05) is 10.3 Å². The van der Waals surface area contributed by atoms with Crippen molar-refractivity contribution in [3.8, 4) is 0 Å². The van der Waals surface area contributed by atoms with Crippen molar-refractivity contribution in [2.45, 2.75) is 46.5 Å². The van der Waals surface area contributed by atoms with Crippen LogP contribution in [-0.2, 0) is 22.4 Å². The van der Waals surface area contributed by atoms with Crippen LogP contribution in [0.15, 0.2) is 17.5 Å². The minimum Gasteiger partial charge on any atom is -0.481 e. The number of fused-ring (bicyclic) bond motifs is 3. The van der Waals surface area contributed by atoms with Crippen molar-refractivity contribution >= 4 is 29.1 Å². The van der Waals surface area contributed by atoms with Crippen LogP contribution in [-0.4, -0.2) is 22.9 Å². The monoisotopic (exact) mass is 416 g/mol. The second kappa shape index (κ2) is 7.27. The molecule has 7 heteroatoms. The van der Waals surface area contributed by atoms with E-state index in [0.717, 1.165) is 24.8 Å². The molecule has 3 N–H and O–H groups in total. The van der Waals surface area contributed by atoms with Gasteiger partial charge in [-0.3, -0.25) is 25.2 Å². The number of carbonyl (C=O) groups excluding carboxylic acids is 2. The van der Waals surface area contributed by atoms with Crippen LogP contribution in [0.5, 0.6) is 0 Å². The van der Waals surface area contributed by atoms with Gasteiger partial charge in [-0.1, -0.05) is 32.9 Å². The summed E-state index contributed by atoms with van der Waals surface area (Å²) in [5, 5.41) is 11.4. The Morgan fingerprint density at radius 3 is 2.45 bits per heavy atom. The van der Waals surface area contributed by atoms with Gasteiger partial charge in [0.2, 0.25) is 5.91 Å². The van der Waals surface area contributed by atoms with Gasteiger partial charge in [0.15, 0.2) is 0 Å². The number of hydrogen-bond donors (Lipinski definition) is 3. The highest BCUT2D eigenvalue weighted by molar-refractivity contribution is 7.10. The summed E-state index contributed by atoms with van der Waals surface area (Å²) in [6.07, 6.45) is 7.43. The Kier molecular flexibility index (Phi) is 5.05. The van der Waals surface area contributed by atoms with E-state index < -0.39 is 23.7 Å². The summed E-state index contributed by atoms with van der Waals surface area (Å²) in [7, 11) is 0. The topological polar surface area (TPSA) is 95.5 Å². The van der Waals surface area contributed by atoms with Gasteiger partial charge in [0.25, 0.3) is 5.91 Å². The SMILES string of the molecule is CC(C)(C)[C@@H]1CCc2c(C(=O)NNC(=O)[C@H]3[C@@H](C(=O)O)[C@H]4C=C[C@@H]3C4)csc2C1. The Labute approximate surface area is 174 Å². The van der Waals surface area contributed by atoms with E-state index >= 15 is 0 Å². The van der Waals surface area contributed by atoms with Gasteiger partial charge in [-0.15, -0.1) is 11.3 Å². The first-order chi connectivity index (χ1) is 13.7. The molecule has 3 aliphatic rings. The first-order valence-electron chi connectivity index (χ1n) is 10.3. The van der Waals surface area contributed by atoms with E-state index in [1.165, 1.54) is 4.88 Å². The minimum absolute atomic E-state index is 0.0683. The highest BCUT2D eigenvalue weighted by atomic mass is 32.1. The van der Waals surface area contributed by atoms with Crippen molar-refractivity contribution in [2.75, 3.05) is 0 Å². The number of amides is 2. The molecule has 1 saturated carbocycles. The summed E-state index contributed by atoms with van der Waals surface area (Å²) in [6, 6.07) is 0. The number of aliphatic carboxylic acids is 1. The van der Waals surface area contributed by atoms with Gasteiger partial charge in [0.05, 0.1) is 17.4 Å². The number of hydrogen-bond acceptors (Lipinski definition) is 4. The van der Waals surface area contributed by atoms with Crippen LogP contribution >= 0.6 is 11.3 Å². The standard InChI is InChI=1S/C22H28N2O4S/c1-22(2,3)13-6-7-14-15(10-29-16(14)9-13)19(25)23-24-20(26)17-11-4-5-12(8-11)18(17)21(27)28/h4-5,10-13,17-18H,6-9H2,1-3H3,(H,23,25)(H,24,26)(H,27,28)/t11-,12+,13-,17-,18+/m1/s1. The zero-order chi connectivity index (χ0) is 20.9. The van der Waals surface area contributed by atoms with Crippen molar-refractivity contribution in [3.63, 3.8) is 0 Å². The molecule has 0 unspecified atom stereocenters. The molecule has 4 rings (SSSR count). The second-order valence-corrected chi connectivity index (χ2v) is 10.6. The molecule has 0 radical (unpaired) electrons. The highest BCUT2D eigenvalue weighted by Gasteiger charge is 2.51. The molecule has 6 nitrogen and oxygen atoms in total. The molecular formula is C22H28N2O4S. The predicted octanol–water partition coefficient (Wildman–Crippen LogP) is 3.18. The molecule has 1 aromatic heterocycles. The van der Waals surface area contributed by atoms with Crippen LogP contribution in [0.2, 0.25) is 0 Å². The number of carboxylic acid groups (broad SMARTS) is 1. The lowest BCUT2D eigenvalue weighted by Crippen LogP contribution is -2.48. The quantitative estimate of drug-likeness (QED) is 0.521. The third kappa shape index (κ3) is 3.61. The Morgan fingerprint density at radius 1 is 1.10 bits per heavy atom.